The third-order valence-corrected chi connectivity index (χ3v) is 2.61. The lowest BCUT2D eigenvalue weighted by Gasteiger charge is -2.25. The Balaban J connectivity index is 2.35. The molecule has 1 heterocycles. The Labute approximate surface area is 82.0 Å². The van der Waals surface area contributed by atoms with Gasteiger partial charge in [-0.2, -0.15) is 0 Å². The average molecular weight is 185 g/mol. The zero-order chi connectivity index (χ0) is 9.68. The highest BCUT2D eigenvalue weighted by atomic mass is 16.5. The van der Waals surface area contributed by atoms with Crippen LogP contribution in [-0.4, -0.2) is 25.3 Å². The molecule has 0 aromatic carbocycles. The highest BCUT2D eigenvalue weighted by Crippen LogP contribution is 2.20. The summed E-state index contributed by atoms with van der Waals surface area (Å²) in [7, 11) is 0. The summed E-state index contributed by atoms with van der Waals surface area (Å²) < 4.78 is 5.71. The summed E-state index contributed by atoms with van der Waals surface area (Å²) in [4.78, 5) is 0. The van der Waals surface area contributed by atoms with E-state index in [1.165, 1.54) is 19.3 Å². The molecule has 1 saturated heterocycles. The van der Waals surface area contributed by atoms with Gasteiger partial charge < -0.3 is 10.1 Å². The molecule has 1 fully saturated rings. The third kappa shape index (κ3) is 3.65. The standard InChI is InChI=1S/C11H23NO/c1-4-12-10(8-9(2)3)11-6-5-7-13-11/h9-12H,4-8H2,1-3H3. The van der Waals surface area contributed by atoms with Gasteiger partial charge in [-0.25, -0.2) is 0 Å². The first-order valence-electron chi connectivity index (χ1n) is 5.59. The smallest absolute Gasteiger partial charge is 0.0728 e. The molecule has 1 aliphatic heterocycles. The molecule has 2 heteroatoms. The van der Waals surface area contributed by atoms with E-state index in [9.17, 15) is 0 Å². The highest BCUT2D eigenvalue weighted by molar-refractivity contribution is 4.80. The van der Waals surface area contributed by atoms with E-state index in [0.717, 1.165) is 19.1 Å². The van der Waals surface area contributed by atoms with Gasteiger partial charge in [0.15, 0.2) is 0 Å². The molecule has 0 aromatic rings. The number of hydrogen-bond acceptors (Lipinski definition) is 2. The molecule has 0 bridgehead atoms. The number of rotatable bonds is 5. The minimum Gasteiger partial charge on any atom is -0.377 e. The monoisotopic (exact) mass is 185 g/mol. The summed E-state index contributed by atoms with van der Waals surface area (Å²) in [5.41, 5.74) is 0. The minimum absolute atomic E-state index is 0.474. The highest BCUT2D eigenvalue weighted by Gasteiger charge is 2.25. The van der Waals surface area contributed by atoms with Gasteiger partial charge in [-0.05, 0) is 31.7 Å². The molecule has 2 atom stereocenters. The zero-order valence-corrected chi connectivity index (χ0v) is 9.18. The van der Waals surface area contributed by atoms with Crippen molar-refractivity contribution in [2.45, 2.75) is 52.2 Å². The van der Waals surface area contributed by atoms with Gasteiger partial charge in [0, 0.05) is 12.6 Å². The second kappa shape index (κ2) is 5.61. The van der Waals surface area contributed by atoms with Crippen molar-refractivity contribution < 1.29 is 4.74 Å². The Morgan fingerprint density at radius 3 is 2.69 bits per heavy atom. The maximum atomic E-state index is 5.71. The Morgan fingerprint density at radius 2 is 2.23 bits per heavy atom. The molecule has 13 heavy (non-hydrogen) atoms. The molecule has 1 N–H and O–H groups in total. The van der Waals surface area contributed by atoms with Crippen molar-refractivity contribution in [2.75, 3.05) is 13.2 Å². The summed E-state index contributed by atoms with van der Waals surface area (Å²) in [5, 5.41) is 3.53. The van der Waals surface area contributed by atoms with Crippen LogP contribution in [0, 0.1) is 5.92 Å². The van der Waals surface area contributed by atoms with E-state index in [0.29, 0.717) is 12.1 Å². The van der Waals surface area contributed by atoms with Gasteiger partial charge in [0.25, 0.3) is 0 Å². The minimum atomic E-state index is 0.474. The van der Waals surface area contributed by atoms with Gasteiger partial charge in [0.1, 0.15) is 0 Å². The zero-order valence-electron chi connectivity index (χ0n) is 9.18. The van der Waals surface area contributed by atoms with E-state index in [1.807, 2.05) is 0 Å². The second-order valence-electron chi connectivity index (χ2n) is 4.35. The summed E-state index contributed by atoms with van der Waals surface area (Å²) in [6, 6.07) is 0.576. The maximum absolute atomic E-state index is 5.71. The van der Waals surface area contributed by atoms with Crippen LogP contribution >= 0.6 is 0 Å². The van der Waals surface area contributed by atoms with Crippen LogP contribution in [0.2, 0.25) is 0 Å². The molecule has 2 unspecified atom stereocenters. The van der Waals surface area contributed by atoms with Crippen LogP contribution in [0.5, 0.6) is 0 Å². The van der Waals surface area contributed by atoms with Crippen molar-refractivity contribution in [3.8, 4) is 0 Å². The number of nitrogens with one attached hydrogen (secondary N) is 1. The Morgan fingerprint density at radius 1 is 1.46 bits per heavy atom. The normalized spacial score (nSPS) is 25.4. The molecular formula is C11H23NO. The van der Waals surface area contributed by atoms with Gasteiger partial charge in [0.2, 0.25) is 0 Å². The van der Waals surface area contributed by atoms with Crippen molar-refractivity contribution in [1.29, 1.82) is 0 Å². The van der Waals surface area contributed by atoms with Crippen LogP contribution in [0.25, 0.3) is 0 Å². The van der Waals surface area contributed by atoms with Crippen molar-refractivity contribution in [3.05, 3.63) is 0 Å². The molecular weight excluding hydrogens is 162 g/mol. The van der Waals surface area contributed by atoms with Crippen LogP contribution < -0.4 is 5.32 Å². The molecule has 1 rings (SSSR count). The van der Waals surface area contributed by atoms with Crippen LogP contribution in [0.15, 0.2) is 0 Å². The predicted octanol–water partition coefficient (Wildman–Crippen LogP) is 2.19. The molecule has 0 amide bonds. The van der Waals surface area contributed by atoms with Crippen molar-refractivity contribution in [1.82, 2.24) is 5.32 Å². The lowest BCUT2D eigenvalue weighted by atomic mass is 9.97. The molecule has 1 aliphatic rings. The van der Waals surface area contributed by atoms with E-state index in [2.05, 4.69) is 26.1 Å². The molecule has 2 nitrogen and oxygen atoms in total. The summed E-state index contributed by atoms with van der Waals surface area (Å²) in [5.74, 6) is 0.758. The van der Waals surface area contributed by atoms with Gasteiger partial charge in [0.05, 0.1) is 6.10 Å². The van der Waals surface area contributed by atoms with Crippen LogP contribution in [0.4, 0.5) is 0 Å². The van der Waals surface area contributed by atoms with Crippen molar-refractivity contribution in [2.24, 2.45) is 5.92 Å². The van der Waals surface area contributed by atoms with Gasteiger partial charge in [-0.3, -0.25) is 0 Å². The Bertz CT molecular complexity index is 130. The van der Waals surface area contributed by atoms with E-state index in [1.54, 1.807) is 0 Å². The lowest BCUT2D eigenvalue weighted by molar-refractivity contribution is 0.0720. The first-order valence-corrected chi connectivity index (χ1v) is 5.59. The Kier molecular flexibility index (Phi) is 4.74. The number of likely N-dealkylation sites (N-methyl/N-ethyl adjacent to an activating group) is 1. The third-order valence-electron chi connectivity index (χ3n) is 2.61. The van der Waals surface area contributed by atoms with Crippen LogP contribution in [-0.2, 0) is 4.74 Å². The fourth-order valence-electron chi connectivity index (χ4n) is 2.06. The first-order chi connectivity index (χ1) is 6.24. The van der Waals surface area contributed by atoms with Gasteiger partial charge in [-0.1, -0.05) is 20.8 Å². The molecule has 0 aromatic heterocycles. The van der Waals surface area contributed by atoms with Gasteiger partial charge in [-0.15, -0.1) is 0 Å². The Hall–Kier alpha value is -0.0800. The fourth-order valence-corrected chi connectivity index (χ4v) is 2.06. The molecule has 78 valence electrons. The SMILES string of the molecule is CCNC(CC(C)C)C1CCCO1. The summed E-state index contributed by atoms with van der Waals surface area (Å²) in [6.07, 6.45) is 4.19. The summed E-state index contributed by atoms with van der Waals surface area (Å²) >= 11 is 0. The quantitative estimate of drug-likeness (QED) is 0.709. The average Bonchev–Trinajstić information content (AvgIpc) is 2.54. The largest absolute Gasteiger partial charge is 0.377 e. The topological polar surface area (TPSA) is 21.3 Å². The van der Waals surface area contributed by atoms with Crippen molar-refractivity contribution >= 4 is 0 Å². The molecule has 0 radical (unpaired) electrons. The summed E-state index contributed by atoms with van der Waals surface area (Å²) in [6.45, 7) is 8.74. The first kappa shape index (κ1) is 11.0. The molecule has 0 saturated carbocycles. The maximum Gasteiger partial charge on any atom is 0.0728 e. The number of ether oxygens (including phenoxy) is 1. The van der Waals surface area contributed by atoms with Crippen LogP contribution in [0.3, 0.4) is 0 Å². The van der Waals surface area contributed by atoms with E-state index >= 15 is 0 Å². The van der Waals surface area contributed by atoms with Crippen molar-refractivity contribution in [3.63, 3.8) is 0 Å². The second-order valence-corrected chi connectivity index (χ2v) is 4.35. The van der Waals surface area contributed by atoms with Crippen LogP contribution in [0.1, 0.15) is 40.0 Å². The van der Waals surface area contributed by atoms with Gasteiger partial charge >= 0.3 is 0 Å². The molecule has 0 aliphatic carbocycles. The molecule has 0 spiro atoms. The number of hydrogen-bond donors (Lipinski definition) is 1. The fraction of sp³-hybridized carbons (Fsp3) is 1.00. The lowest BCUT2D eigenvalue weighted by Crippen LogP contribution is -2.40. The predicted molar refractivity (Wildman–Crippen MR) is 55.9 cm³/mol. The van der Waals surface area contributed by atoms with E-state index in [4.69, 9.17) is 4.74 Å². The van der Waals surface area contributed by atoms with E-state index < -0.39 is 0 Å². The van der Waals surface area contributed by atoms with E-state index in [-0.39, 0.29) is 0 Å².